The highest BCUT2D eigenvalue weighted by atomic mass is 35.5. The van der Waals surface area contributed by atoms with Crippen LogP contribution in [-0.2, 0) is 6.42 Å². The molecule has 154 valence electrons. The van der Waals surface area contributed by atoms with Crippen LogP contribution < -0.4 is 5.73 Å². The van der Waals surface area contributed by atoms with Crippen molar-refractivity contribution in [2.24, 2.45) is 5.92 Å². The van der Waals surface area contributed by atoms with Gasteiger partial charge in [0, 0.05) is 11.9 Å². The summed E-state index contributed by atoms with van der Waals surface area (Å²) in [6, 6.07) is 4.48. The van der Waals surface area contributed by atoms with Crippen molar-refractivity contribution in [1.82, 2.24) is 9.88 Å². The van der Waals surface area contributed by atoms with Gasteiger partial charge in [-0.05, 0) is 61.2 Å². The Morgan fingerprint density at radius 2 is 2.17 bits per heavy atom. The summed E-state index contributed by atoms with van der Waals surface area (Å²) in [5, 5.41) is 22.3. The Kier molecular flexibility index (Phi) is 5.05. The van der Waals surface area contributed by atoms with Crippen LogP contribution in [0.4, 0.5) is 10.2 Å². The van der Waals surface area contributed by atoms with Gasteiger partial charge in [0.1, 0.15) is 23.3 Å². The first-order chi connectivity index (χ1) is 13.7. The molecule has 4 rings (SSSR count). The third-order valence-corrected chi connectivity index (χ3v) is 6.37. The number of nitrogens with zero attached hydrogens (tertiary/aromatic N) is 2. The molecule has 0 fully saturated rings. The first-order valence-corrected chi connectivity index (χ1v) is 10.2. The van der Waals surface area contributed by atoms with E-state index >= 15 is 0 Å². The standard InChI is InChI=1S/C22H25ClFN3O2/c1-12(15-11-19(20(28)22(15,2)29)27-5-3-4-6-27)7-13-8-17(24)14-10-16(23)21(25)26-18(14)9-13/h3,5,8-12,19-20,28-29H,4,6-7H2,1-2H3,(H2,25,26)/t12?,19-,20+,22-/m1/s1. The number of benzene rings is 1. The summed E-state index contributed by atoms with van der Waals surface area (Å²) in [4.78, 5) is 6.24. The van der Waals surface area contributed by atoms with Crippen LogP contribution in [0.3, 0.4) is 0 Å². The number of anilines is 1. The normalized spacial score (nSPS) is 27.7. The maximum Gasteiger partial charge on any atom is 0.142 e. The summed E-state index contributed by atoms with van der Waals surface area (Å²) >= 11 is 5.96. The van der Waals surface area contributed by atoms with Gasteiger partial charge in [-0.2, -0.15) is 0 Å². The second-order valence-corrected chi connectivity index (χ2v) is 8.63. The summed E-state index contributed by atoms with van der Waals surface area (Å²) in [5.41, 5.74) is 6.38. The summed E-state index contributed by atoms with van der Waals surface area (Å²) in [6.45, 7) is 4.44. The van der Waals surface area contributed by atoms with Gasteiger partial charge in [0.05, 0.1) is 16.6 Å². The maximum atomic E-state index is 14.6. The molecule has 0 saturated carbocycles. The number of nitrogen functional groups attached to an aromatic ring is 1. The number of aromatic nitrogens is 1. The molecule has 0 bridgehead atoms. The molecule has 2 heterocycles. The van der Waals surface area contributed by atoms with Crippen LogP contribution >= 0.6 is 11.6 Å². The number of aliphatic hydroxyl groups is 2. The molecule has 2 aliphatic rings. The Labute approximate surface area is 174 Å². The van der Waals surface area contributed by atoms with Crippen LogP contribution in [0.1, 0.15) is 25.8 Å². The Hall–Kier alpha value is -2.15. The molecular formula is C22H25ClFN3O2. The molecule has 2 aromatic rings. The predicted molar refractivity (Wildman–Crippen MR) is 113 cm³/mol. The Morgan fingerprint density at radius 3 is 2.86 bits per heavy atom. The van der Waals surface area contributed by atoms with Crippen molar-refractivity contribution in [2.45, 2.75) is 44.4 Å². The van der Waals surface area contributed by atoms with E-state index in [0.717, 1.165) is 24.1 Å². The molecule has 0 saturated heterocycles. The molecule has 4 N–H and O–H groups in total. The van der Waals surface area contributed by atoms with E-state index in [2.05, 4.69) is 11.1 Å². The zero-order valence-electron chi connectivity index (χ0n) is 16.4. The van der Waals surface area contributed by atoms with Gasteiger partial charge in [-0.3, -0.25) is 0 Å². The smallest absolute Gasteiger partial charge is 0.142 e. The quantitative estimate of drug-likeness (QED) is 0.664. The van der Waals surface area contributed by atoms with Crippen LogP contribution in [0.25, 0.3) is 10.9 Å². The number of fused-ring (bicyclic) bond motifs is 1. The van der Waals surface area contributed by atoms with E-state index in [1.807, 2.05) is 24.1 Å². The van der Waals surface area contributed by atoms with Crippen molar-refractivity contribution in [3.63, 3.8) is 0 Å². The van der Waals surface area contributed by atoms with Crippen LogP contribution in [-0.4, -0.2) is 44.4 Å². The lowest BCUT2D eigenvalue weighted by molar-refractivity contribution is -0.0498. The van der Waals surface area contributed by atoms with E-state index in [-0.39, 0.29) is 22.8 Å². The van der Waals surface area contributed by atoms with E-state index in [1.54, 1.807) is 13.0 Å². The fourth-order valence-corrected chi connectivity index (χ4v) is 4.65. The first kappa shape index (κ1) is 20.1. The Bertz CT molecular complexity index is 1020. The van der Waals surface area contributed by atoms with Crippen molar-refractivity contribution in [1.29, 1.82) is 0 Å². The lowest BCUT2D eigenvalue weighted by Crippen LogP contribution is -2.47. The average Bonchev–Trinajstić information content (AvgIpc) is 3.24. The Balaban J connectivity index is 1.63. The second kappa shape index (κ2) is 7.27. The largest absolute Gasteiger partial charge is 0.387 e. The fourth-order valence-electron chi connectivity index (χ4n) is 4.50. The third kappa shape index (κ3) is 3.50. The van der Waals surface area contributed by atoms with Crippen molar-refractivity contribution in [3.8, 4) is 0 Å². The minimum Gasteiger partial charge on any atom is -0.387 e. The molecule has 4 atom stereocenters. The summed E-state index contributed by atoms with van der Waals surface area (Å²) in [6.07, 6.45) is 6.49. The maximum absolute atomic E-state index is 14.6. The van der Waals surface area contributed by atoms with Crippen LogP contribution in [0, 0.1) is 11.7 Å². The summed E-state index contributed by atoms with van der Waals surface area (Å²) < 4.78 is 14.6. The van der Waals surface area contributed by atoms with Gasteiger partial charge >= 0.3 is 0 Å². The minimum absolute atomic E-state index is 0.0993. The van der Waals surface area contributed by atoms with E-state index in [1.165, 1.54) is 12.1 Å². The van der Waals surface area contributed by atoms with Crippen molar-refractivity contribution >= 4 is 28.3 Å². The molecule has 0 spiro atoms. The number of halogens is 2. The van der Waals surface area contributed by atoms with Gasteiger partial charge in [0.2, 0.25) is 0 Å². The molecule has 1 aliphatic carbocycles. The van der Waals surface area contributed by atoms with Crippen molar-refractivity contribution in [3.05, 3.63) is 58.5 Å². The van der Waals surface area contributed by atoms with Gasteiger partial charge in [0.15, 0.2) is 0 Å². The topological polar surface area (TPSA) is 82.6 Å². The molecule has 0 amide bonds. The van der Waals surface area contributed by atoms with E-state index in [0.29, 0.717) is 17.3 Å². The van der Waals surface area contributed by atoms with Crippen molar-refractivity contribution < 1.29 is 14.6 Å². The SMILES string of the molecule is CC(Cc1cc(F)c2cc(Cl)c(N)nc2c1)C1=C[C@@H](N2C=CCC2)[C@H](O)[C@]1(C)O. The fraction of sp³-hybridized carbons (Fsp3) is 0.409. The van der Waals surface area contributed by atoms with E-state index in [9.17, 15) is 14.6 Å². The zero-order chi connectivity index (χ0) is 20.9. The highest BCUT2D eigenvalue weighted by Crippen LogP contribution is 2.39. The molecule has 0 radical (unpaired) electrons. The molecule has 1 aliphatic heterocycles. The number of hydrogen-bond donors (Lipinski definition) is 3. The minimum atomic E-state index is -1.34. The van der Waals surface area contributed by atoms with Gasteiger partial charge in [-0.15, -0.1) is 0 Å². The summed E-state index contributed by atoms with van der Waals surface area (Å²) in [7, 11) is 0. The zero-order valence-corrected chi connectivity index (χ0v) is 17.2. The number of aliphatic hydroxyl groups excluding tert-OH is 1. The molecule has 1 aromatic heterocycles. The lowest BCUT2D eigenvalue weighted by Gasteiger charge is -2.33. The molecule has 29 heavy (non-hydrogen) atoms. The molecule has 1 aromatic carbocycles. The van der Waals surface area contributed by atoms with Crippen molar-refractivity contribution in [2.75, 3.05) is 12.3 Å². The number of nitrogens with two attached hydrogens (primary N) is 1. The third-order valence-electron chi connectivity index (χ3n) is 6.06. The predicted octanol–water partition coefficient (Wildman–Crippen LogP) is 3.43. The van der Waals surface area contributed by atoms with Crippen LogP contribution in [0.2, 0.25) is 5.02 Å². The van der Waals surface area contributed by atoms with Crippen LogP contribution in [0.5, 0.6) is 0 Å². The summed E-state index contributed by atoms with van der Waals surface area (Å²) in [5.74, 6) is -0.348. The Morgan fingerprint density at radius 1 is 1.41 bits per heavy atom. The molecule has 7 heteroatoms. The highest BCUT2D eigenvalue weighted by molar-refractivity contribution is 6.33. The second-order valence-electron chi connectivity index (χ2n) is 8.22. The van der Waals surface area contributed by atoms with E-state index < -0.39 is 17.5 Å². The van der Waals surface area contributed by atoms with Gasteiger partial charge < -0.3 is 20.8 Å². The number of rotatable bonds is 4. The monoisotopic (exact) mass is 417 g/mol. The average molecular weight is 418 g/mol. The number of hydrogen-bond acceptors (Lipinski definition) is 5. The van der Waals surface area contributed by atoms with Crippen LogP contribution in [0.15, 0.2) is 42.1 Å². The lowest BCUT2D eigenvalue weighted by atomic mass is 9.84. The van der Waals surface area contributed by atoms with Gasteiger partial charge in [-0.25, -0.2) is 9.37 Å². The van der Waals surface area contributed by atoms with Gasteiger partial charge in [-0.1, -0.05) is 30.7 Å². The first-order valence-electron chi connectivity index (χ1n) is 9.77. The molecule has 5 nitrogen and oxygen atoms in total. The van der Waals surface area contributed by atoms with E-state index in [4.69, 9.17) is 17.3 Å². The highest BCUT2D eigenvalue weighted by Gasteiger charge is 2.47. The number of pyridine rings is 1. The van der Waals surface area contributed by atoms with Gasteiger partial charge in [0.25, 0.3) is 0 Å². The molecular weight excluding hydrogens is 393 g/mol. The molecule has 1 unspecified atom stereocenters.